The molecule has 2 saturated heterocycles. The molecule has 1 heteroatoms. The molecule has 0 saturated carbocycles. The van der Waals surface area contributed by atoms with Crippen LogP contribution in [0.3, 0.4) is 0 Å². The van der Waals surface area contributed by atoms with Crippen LogP contribution in [0, 0.1) is 0 Å². The Bertz CT molecular complexity index is 511. The summed E-state index contributed by atoms with van der Waals surface area (Å²) >= 11 is 0. The molecule has 0 amide bonds. The van der Waals surface area contributed by atoms with Crippen LogP contribution in [0.15, 0.2) is 60.7 Å². The van der Waals surface area contributed by atoms with Crippen LogP contribution in [-0.2, 0) is 0 Å². The lowest BCUT2D eigenvalue weighted by molar-refractivity contribution is 0.182. The monoisotopic (exact) mass is 263 g/mol. The molecule has 2 aromatic carbocycles. The first kappa shape index (κ1) is 12.2. The molecule has 2 heterocycles. The Hall–Kier alpha value is -1.60. The van der Waals surface area contributed by atoms with E-state index in [1.165, 1.54) is 36.8 Å². The van der Waals surface area contributed by atoms with Gasteiger partial charge in [-0.15, -0.1) is 0 Å². The summed E-state index contributed by atoms with van der Waals surface area (Å²) < 4.78 is 0. The van der Waals surface area contributed by atoms with E-state index in [0.29, 0.717) is 12.1 Å². The highest BCUT2D eigenvalue weighted by Gasteiger charge is 2.43. The maximum absolute atomic E-state index is 2.80. The van der Waals surface area contributed by atoms with Crippen LogP contribution in [-0.4, -0.2) is 10.9 Å². The van der Waals surface area contributed by atoms with E-state index in [4.69, 9.17) is 0 Å². The van der Waals surface area contributed by atoms with Gasteiger partial charge in [-0.1, -0.05) is 60.7 Å². The first-order chi connectivity index (χ1) is 9.93. The summed E-state index contributed by atoms with van der Waals surface area (Å²) in [5, 5.41) is 0. The van der Waals surface area contributed by atoms with E-state index in [1.807, 2.05) is 0 Å². The SMILES string of the molecule is c1ccc([C@@H]2CCC3CC[C@@H](c4ccccc4)N32)cc1. The second-order valence-corrected chi connectivity index (χ2v) is 6.11. The highest BCUT2D eigenvalue weighted by molar-refractivity contribution is 5.26. The van der Waals surface area contributed by atoms with Crippen molar-refractivity contribution in [3.63, 3.8) is 0 Å². The Balaban J connectivity index is 1.67. The molecule has 1 nitrogen and oxygen atoms in total. The fourth-order valence-electron chi connectivity index (χ4n) is 4.20. The summed E-state index contributed by atoms with van der Waals surface area (Å²) in [4.78, 5) is 2.80. The van der Waals surface area contributed by atoms with E-state index < -0.39 is 0 Å². The van der Waals surface area contributed by atoms with Gasteiger partial charge in [-0.2, -0.15) is 0 Å². The molecule has 2 aliphatic rings. The van der Waals surface area contributed by atoms with E-state index in [0.717, 1.165) is 6.04 Å². The van der Waals surface area contributed by atoms with Gasteiger partial charge in [-0.3, -0.25) is 4.90 Å². The van der Waals surface area contributed by atoms with E-state index in [9.17, 15) is 0 Å². The molecular weight excluding hydrogens is 242 g/mol. The van der Waals surface area contributed by atoms with Crippen molar-refractivity contribution in [3.05, 3.63) is 71.8 Å². The van der Waals surface area contributed by atoms with Crippen molar-refractivity contribution in [1.82, 2.24) is 4.90 Å². The number of benzene rings is 2. The third kappa shape index (κ3) is 1.97. The second-order valence-electron chi connectivity index (χ2n) is 6.11. The molecule has 0 spiro atoms. The van der Waals surface area contributed by atoms with E-state index >= 15 is 0 Å². The normalized spacial score (nSPS) is 26.8. The molecular formula is C19H21N. The number of nitrogens with zero attached hydrogens (tertiary/aromatic N) is 1. The van der Waals surface area contributed by atoms with Gasteiger partial charge in [0.1, 0.15) is 0 Å². The lowest BCUT2D eigenvalue weighted by atomic mass is 9.98. The lowest BCUT2D eigenvalue weighted by Crippen LogP contribution is -2.28. The van der Waals surface area contributed by atoms with Gasteiger partial charge in [-0.05, 0) is 36.8 Å². The predicted octanol–water partition coefficient (Wildman–Crippen LogP) is 4.73. The summed E-state index contributed by atoms with van der Waals surface area (Å²) in [7, 11) is 0. The fraction of sp³-hybridized carbons (Fsp3) is 0.368. The van der Waals surface area contributed by atoms with Gasteiger partial charge in [0.15, 0.2) is 0 Å². The van der Waals surface area contributed by atoms with Gasteiger partial charge in [0, 0.05) is 18.1 Å². The van der Waals surface area contributed by atoms with Crippen LogP contribution in [0.2, 0.25) is 0 Å². The van der Waals surface area contributed by atoms with Crippen molar-refractivity contribution >= 4 is 0 Å². The van der Waals surface area contributed by atoms with Crippen LogP contribution >= 0.6 is 0 Å². The van der Waals surface area contributed by atoms with Crippen LogP contribution < -0.4 is 0 Å². The third-order valence-corrected chi connectivity index (χ3v) is 5.06. The van der Waals surface area contributed by atoms with Gasteiger partial charge in [-0.25, -0.2) is 0 Å². The van der Waals surface area contributed by atoms with Crippen LogP contribution in [0.1, 0.15) is 48.9 Å². The molecule has 2 atom stereocenters. The van der Waals surface area contributed by atoms with Gasteiger partial charge in [0.25, 0.3) is 0 Å². The molecule has 2 aliphatic heterocycles. The van der Waals surface area contributed by atoms with Crippen molar-refractivity contribution in [3.8, 4) is 0 Å². The highest BCUT2D eigenvalue weighted by Crippen LogP contribution is 2.49. The Kier molecular flexibility index (Phi) is 3.08. The average molecular weight is 263 g/mol. The van der Waals surface area contributed by atoms with E-state index in [2.05, 4.69) is 65.6 Å². The number of hydrogen-bond donors (Lipinski definition) is 0. The molecule has 2 fully saturated rings. The Labute approximate surface area is 121 Å². The fourth-order valence-corrected chi connectivity index (χ4v) is 4.20. The maximum atomic E-state index is 2.80. The quantitative estimate of drug-likeness (QED) is 0.757. The molecule has 2 aromatic rings. The van der Waals surface area contributed by atoms with Crippen LogP contribution in [0.25, 0.3) is 0 Å². The average Bonchev–Trinajstić information content (AvgIpc) is 3.10. The largest absolute Gasteiger partial charge is 0.286 e. The minimum Gasteiger partial charge on any atom is -0.286 e. The van der Waals surface area contributed by atoms with Crippen molar-refractivity contribution in [2.45, 2.75) is 43.8 Å². The summed E-state index contributed by atoms with van der Waals surface area (Å²) in [6, 6.07) is 24.2. The minimum absolute atomic E-state index is 0.619. The molecule has 0 aromatic heterocycles. The summed E-state index contributed by atoms with van der Waals surface area (Å²) in [6.45, 7) is 0. The molecule has 0 radical (unpaired) electrons. The molecule has 102 valence electrons. The molecule has 0 bridgehead atoms. The first-order valence-electron chi connectivity index (χ1n) is 7.81. The van der Waals surface area contributed by atoms with Crippen molar-refractivity contribution in [2.75, 3.05) is 0 Å². The second kappa shape index (κ2) is 5.06. The predicted molar refractivity (Wildman–Crippen MR) is 82.5 cm³/mol. The Morgan fingerprint density at radius 2 is 1.05 bits per heavy atom. The smallest absolute Gasteiger partial charge is 0.0357 e. The zero-order valence-electron chi connectivity index (χ0n) is 11.8. The summed E-state index contributed by atoms with van der Waals surface area (Å²) in [5.74, 6) is 0. The van der Waals surface area contributed by atoms with E-state index in [1.54, 1.807) is 0 Å². The van der Waals surface area contributed by atoms with Gasteiger partial charge < -0.3 is 0 Å². The molecule has 0 N–H and O–H groups in total. The van der Waals surface area contributed by atoms with Crippen molar-refractivity contribution in [1.29, 1.82) is 0 Å². The van der Waals surface area contributed by atoms with Gasteiger partial charge in [0.05, 0.1) is 0 Å². The lowest BCUT2D eigenvalue weighted by Gasteiger charge is -2.31. The minimum atomic E-state index is 0.619. The topological polar surface area (TPSA) is 3.24 Å². The van der Waals surface area contributed by atoms with Crippen LogP contribution in [0.5, 0.6) is 0 Å². The highest BCUT2D eigenvalue weighted by atomic mass is 15.3. The van der Waals surface area contributed by atoms with Crippen molar-refractivity contribution in [2.24, 2.45) is 0 Å². The Morgan fingerprint density at radius 3 is 1.50 bits per heavy atom. The van der Waals surface area contributed by atoms with E-state index in [-0.39, 0.29) is 0 Å². The maximum Gasteiger partial charge on any atom is 0.0357 e. The molecule has 0 unspecified atom stereocenters. The summed E-state index contributed by atoms with van der Waals surface area (Å²) in [5.41, 5.74) is 3.00. The zero-order valence-corrected chi connectivity index (χ0v) is 11.8. The van der Waals surface area contributed by atoms with Gasteiger partial charge >= 0.3 is 0 Å². The number of hydrogen-bond acceptors (Lipinski definition) is 1. The summed E-state index contributed by atoms with van der Waals surface area (Å²) in [6.07, 6.45) is 5.36. The van der Waals surface area contributed by atoms with Crippen LogP contribution in [0.4, 0.5) is 0 Å². The van der Waals surface area contributed by atoms with Gasteiger partial charge in [0.2, 0.25) is 0 Å². The number of fused-ring (bicyclic) bond motifs is 1. The Morgan fingerprint density at radius 1 is 0.600 bits per heavy atom. The molecule has 0 aliphatic carbocycles. The van der Waals surface area contributed by atoms with Crippen molar-refractivity contribution < 1.29 is 0 Å². The number of rotatable bonds is 2. The molecule has 4 rings (SSSR count). The zero-order chi connectivity index (χ0) is 13.4. The molecule has 20 heavy (non-hydrogen) atoms. The first-order valence-corrected chi connectivity index (χ1v) is 7.81. The third-order valence-electron chi connectivity index (χ3n) is 5.06. The standard InChI is InChI=1S/C19H21N/c1-3-7-15(8-4-1)18-13-11-17-12-14-19(20(17)18)16-9-5-2-6-10-16/h1-10,17-19H,11-14H2/t18-,19-/m0/s1.